The molecule has 0 aliphatic rings. The van der Waals surface area contributed by atoms with Crippen LogP contribution in [0.1, 0.15) is 6.92 Å². The zero-order chi connectivity index (χ0) is 13.4. The highest BCUT2D eigenvalue weighted by Gasteiger charge is 2.02. The molecule has 4 nitrogen and oxygen atoms in total. The SMILES string of the molecule is C=CCSCC(=O)Nc1ccc(NC(C)=O)cc1. The molecule has 0 spiro atoms. The Labute approximate surface area is 111 Å². The Bertz CT molecular complexity index is 429. The van der Waals surface area contributed by atoms with Gasteiger partial charge < -0.3 is 10.6 Å². The van der Waals surface area contributed by atoms with Crippen LogP contribution in [0, 0.1) is 0 Å². The van der Waals surface area contributed by atoms with E-state index in [1.807, 2.05) is 0 Å². The Morgan fingerprint density at radius 2 is 1.78 bits per heavy atom. The van der Waals surface area contributed by atoms with Gasteiger partial charge in [-0.05, 0) is 24.3 Å². The minimum absolute atomic E-state index is 0.0471. The number of anilines is 2. The molecule has 0 saturated heterocycles. The number of benzene rings is 1. The first kappa shape index (κ1) is 14.3. The highest BCUT2D eigenvalue weighted by molar-refractivity contribution is 8.00. The van der Waals surface area contributed by atoms with Gasteiger partial charge in [0.25, 0.3) is 0 Å². The number of hydrogen-bond acceptors (Lipinski definition) is 3. The van der Waals surface area contributed by atoms with Gasteiger partial charge in [0, 0.05) is 24.1 Å². The van der Waals surface area contributed by atoms with Crippen LogP contribution in [0.4, 0.5) is 11.4 Å². The fraction of sp³-hybridized carbons (Fsp3) is 0.231. The molecular formula is C13H16N2O2S. The second kappa shape index (κ2) is 7.55. The van der Waals surface area contributed by atoms with Crippen molar-refractivity contribution >= 4 is 35.0 Å². The fourth-order valence-corrected chi connectivity index (χ4v) is 1.81. The molecule has 0 heterocycles. The zero-order valence-electron chi connectivity index (χ0n) is 10.2. The topological polar surface area (TPSA) is 58.2 Å². The third-order valence-electron chi connectivity index (χ3n) is 1.96. The lowest BCUT2D eigenvalue weighted by Crippen LogP contribution is -2.14. The van der Waals surface area contributed by atoms with Crippen molar-refractivity contribution in [2.24, 2.45) is 0 Å². The average molecular weight is 264 g/mol. The van der Waals surface area contributed by atoms with Gasteiger partial charge in [-0.1, -0.05) is 6.08 Å². The van der Waals surface area contributed by atoms with Gasteiger partial charge in [-0.3, -0.25) is 9.59 Å². The standard InChI is InChI=1S/C13H16N2O2S/c1-3-8-18-9-13(17)15-12-6-4-11(5-7-12)14-10(2)16/h3-7H,1,8-9H2,2H3,(H,14,16)(H,15,17). The molecule has 2 amide bonds. The van der Waals surface area contributed by atoms with Gasteiger partial charge in [0.15, 0.2) is 0 Å². The van der Waals surface area contributed by atoms with Crippen molar-refractivity contribution in [1.82, 2.24) is 0 Å². The van der Waals surface area contributed by atoms with Gasteiger partial charge in [-0.2, -0.15) is 0 Å². The van der Waals surface area contributed by atoms with Crippen molar-refractivity contribution < 1.29 is 9.59 Å². The van der Waals surface area contributed by atoms with Crippen LogP contribution < -0.4 is 10.6 Å². The number of nitrogens with one attached hydrogen (secondary N) is 2. The van der Waals surface area contributed by atoms with E-state index in [4.69, 9.17) is 0 Å². The first-order chi connectivity index (χ1) is 8.61. The highest BCUT2D eigenvalue weighted by atomic mass is 32.2. The maximum absolute atomic E-state index is 11.5. The molecule has 0 aliphatic carbocycles. The number of rotatable bonds is 6. The fourth-order valence-electron chi connectivity index (χ4n) is 1.27. The third-order valence-corrected chi connectivity index (χ3v) is 2.90. The number of hydrogen-bond donors (Lipinski definition) is 2. The van der Waals surface area contributed by atoms with Gasteiger partial charge in [-0.15, -0.1) is 18.3 Å². The minimum Gasteiger partial charge on any atom is -0.326 e. The third kappa shape index (κ3) is 5.54. The Morgan fingerprint density at radius 1 is 1.22 bits per heavy atom. The second-order valence-electron chi connectivity index (χ2n) is 3.61. The number of carbonyl (C=O) groups is 2. The summed E-state index contributed by atoms with van der Waals surface area (Å²) in [5, 5.41) is 5.43. The minimum atomic E-state index is -0.118. The summed E-state index contributed by atoms with van der Waals surface area (Å²) >= 11 is 1.51. The maximum atomic E-state index is 11.5. The van der Waals surface area contributed by atoms with Crippen molar-refractivity contribution in [1.29, 1.82) is 0 Å². The summed E-state index contributed by atoms with van der Waals surface area (Å²) in [4.78, 5) is 22.3. The Morgan fingerprint density at radius 3 is 2.28 bits per heavy atom. The molecule has 5 heteroatoms. The summed E-state index contributed by atoms with van der Waals surface area (Å²) in [6, 6.07) is 6.99. The molecule has 1 aromatic carbocycles. The first-order valence-electron chi connectivity index (χ1n) is 5.48. The van der Waals surface area contributed by atoms with Crippen molar-refractivity contribution in [3.63, 3.8) is 0 Å². The van der Waals surface area contributed by atoms with E-state index in [-0.39, 0.29) is 11.8 Å². The van der Waals surface area contributed by atoms with Crippen LogP contribution in [0.2, 0.25) is 0 Å². The normalized spacial score (nSPS) is 9.61. The molecule has 0 unspecified atom stereocenters. The first-order valence-corrected chi connectivity index (χ1v) is 6.63. The Balaban J connectivity index is 2.45. The van der Waals surface area contributed by atoms with Crippen molar-refractivity contribution in [2.45, 2.75) is 6.92 Å². The van der Waals surface area contributed by atoms with Crippen LogP contribution in [-0.4, -0.2) is 23.3 Å². The molecule has 0 fully saturated rings. The molecule has 0 aliphatic heterocycles. The summed E-state index contributed by atoms with van der Waals surface area (Å²) < 4.78 is 0. The molecule has 18 heavy (non-hydrogen) atoms. The van der Waals surface area contributed by atoms with Gasteiger partial charge in [0.05, 0.1) is 5.75 Å². The maximum Gasteiger partial charge on any atom is 0.234 e. The van der Waals surface area contributed by atoms with E-state index >= 15 is 0 Å². The van der Waals surface area contributed by atoms with Gasteiger partial charge in [0.1, 0.15) is 0 Å². The molecule has 0 radical (unpaired) electrons. The molecular weight excluding hydrogens is 248 g/mol. The smallest absolute Gasteiger partial charge is 0.234 e. The Hall–Kier alpha value is -1.75. The van der Waals surface area contributed by atoms with E-state index in [1.165, 1.54) is 18.7 Å². The van der Waals surface area contributed by atoms with Crippen LogP contribution in [0.25, 0.3) is 0 Å². The second-order valence-corrected chi connectivity index (χ2v) is 4.64. The highest BCUT2D eigenvalue weighted by Crippen LogP contribution is 2.14. The average Bonchev–Trinajstić information content (AvgIpc) is 2.31. The summed E-state index contributed by atoms with van der Waals surface area (Å²) in [6.45, 7) is 5.04. The van der Waals surface area contributed by atoms with Gasteiger partial charge in [-0.25, -0.2) is 0 Å². The van der Waals surface area contributed by atoms with Crippen LogP contribution in [0.15, 0.2) is 36.9 Å². The van der Waals surface area contributed by atoms with Gasteiger partial charge in [0.2, 0.25) is 11.8 Å². The van der Waals surface area contributed by atoms with E-state index in [0.717, 1.165) is 5.75 Å². The molecule has 0 saturated carbocycles. The number of carbonyl (C=O) groups excluding carboxylic acids is 2. The summed E-state index contributed by atoms with van der Waals surface area (Å²) in [5.74, 6) is 0.996. The molecule has 0 bridgehead atoms. The lowest BCUT2D eigenvalue weighted by molar-refractivity contribution is -0.114. The monoisotopic (exact) mass is 264 g/mol. The molecule has 96 valence electrons. The van der Waals surface area contributed by atoms with E-state index in [0.29, 0.717) is 17.1 Å². The molecule has 1 rings (SSSR count). The van der Waals surface area contributed by atoms with E-state index in [9.17, 15) is 9.59 Å². The number of thioether (sulfide) groups is 1. The van der Waals surface area contributed by atoms with Crippen molar-refractivity contribution in [2.75, 3.05) is 22.1 Å². The summed E-state index contributed by atoms with van der Waals surface area (Å²) in [6.07, 6.45) is 1.76. The van der Waals surface area contributed by atoms with E-state index < -0.39 is 0 Å². The van der Waals surface area contributed by atoms with E-state index in [2.05, 4.69) is 17.2 Å². The molecule has 0 atom stereocenters. The summed E-state index contributed by atoms with van der Waals surface area (Å²) in [5.41, 5.74) is 1.43. The van der Waals surface area contributed by atoms with Gasteiger partial charge >= 0.3 is 0 Å². The largest absolute Gasteiger partial charge is 0.326 e. The number of amides is 2. The van der Waals surface area contributed by atoms with Crippen LogP contribution in [0.3, 0.4) is 0 Å². The Kier molecular flexibility index (Phi) is 6.00. The van der Waals surface area contributed by atoms with Crippen molar-refractivity contribution in [3.8, 4) is 0 Å². The molecule has 0 aromatic heterocycles. The lowest BCUT2D eigenvalue weighted by Gasteiger charge is -2.06. The van der Waals surface area contributed by atoms with Crippen LogP contribution in [0.5, 0.6) is 0 Å². The lowest BCUT2D eigenvalue weighted by atomic mass is 10.3. The quantitative estimate of drug-likeness (QED) is 0.613. The molecule has 2 N–H and O–H groups in total. The summed E-state index contributed by atoms with van der Waals surface area (Å²) in [7, 11) is 0. The van der Waals surface area contributed by atoms with Crippen LogP contribution in [-0.2, 0) is 9.59 Å². The molecule has 1 aromatic rings. The predicted octanol–water partition coefficient (Wildman–Crippen LogP) is 2.50. The van der Waals surface area contributed by atoms with Crippen LogP contribution >= 0.6 is 11.8 Å². The van der Waals surface area contributed by atoms with Crippen molar-refractivity contribution in [3.05, 3.63) is 36.9 Å². The zero-order valence-corrected chi connectivity index (χ0v) is 11.0. The van der Waals surface area contributed by atoms with E-state index in [1.54, 1.807) is 30.3 Å². The predicted molar refractivity (Wildman–Crippen MR) is 76.9 cm³/mol.